The van der Waals surface area contributed by atoms with Crippen molar-refractivity contribution in [1.82, 2.24) is 5.32 Å². The van der Waals surface area contributed by atoms with Gasteiger partial charge in [0.15, 0.2) is 5.60 Å². The Hall–Kier alpha value is -2.08. The van der Waals surface area contributed by atoms with Gasteiger partial charge in [0.1, 0.15) is 12.3 Å². The Kier molecular flexibility index (Phi) is 4.94. The summed E-state index contributed by atoms with van der Waals surface area (Å²) in [4.78, 5) is 25.9. The van der Waals surface area contributed by atoms with Gasteiger partial charge in [0.2, 0.25) is 5.91 Å². The highest BCUT2D eigenvalue weighted by atomic mass is 16.5. The van der Waals surface area contributed by atoms with Gasteiger partial charge in [-0.1, -0.05) is 19.4 Å². The van der Waals surface area contributed by atoms with Crippen LogP contribution in [0.15, 0.2) is 18.2 Å². The van der Waals surface area contributed by atoms with E-state index in [2.05, 4.69) is 12.2 Å². The Morgan fingerprint density at radius 2 is 2.13 bits per heavy atom. The van der Waals surface area contributed by atoms with E-state index in [4.69, 9.17) is 10.5 Å². The summed E-state index contributed by atoms with van der Waals surface area (Å²) in [5.74, 6) is 0.117. The van der Waals surface area contributed by atoms with E-state index in [0.717, 1.165) is 18.4 Å². The normalized spacial score (nSPS) is 17.3. The second-order valence-electron chi connectivity index (χ2n) is 6.30. The van der Waals surface area contributed by atoms with E-state index < -0.39 is 5.60 Å². The maximum Gasteiger partial charge on any atom is 0.271 e. The average Bonchev–Trinajstić information content (AvgIpc) is 2.51. The lowest BCUT2D eigenvalue weighted by atomic mass is 9.99. The number of anilines is 1. The molecular formula is C17H25N3O3. The van der Waals surface area contributed by atoms with Crippen molar-refractivity contribution in [3.63, 3.8) is 0 Å². The minimum absolute atomic E-state index is 0.0401. The maximum absolute atomic E-state index is 12.7. The molecule has 0 aromatic heterocycles. The third-order valence-electron chi connectivity index (χ3n) is 4.01. The van der Waals surface area contributed by atoms with Gasteiger partial charge in [0, 0.05) is 13.1 Å². The quantitative estimate of drug-likeness (QED) is 0.866. The van der Waals surface area contributed by atoms with Gasteiger partial charge in [-0.15, -0.1) is 0 Å². The third-order valence-corrected chi connectivity index (χ3v) is 4.01. The van der Waals surface area contributed by atoms with Crippen LogP contribution in [0.1, 0.15) is 45.2 Å². The molecule has 0 saturated carbocycles. The van der Waals surface area contributed by atoms with Crippen LogP contribution in [0.2, 0.25) is 0 Å². The Labute approximate surface area is 137 Å². The van der Waals surface area contributed by atoms with Crippen molar-refractivity contribution in [3.05, 3.63) is 23.8 Å². The number of hydrogen-bond donors (Lipinski definition) is 2. The SMILES string of the molecule is CCCC(N)c1ccc2c(c1)N(CC(=O)NC)C(=O)C(C)(C)O2. The third kappa shape index (κ3) is 3.47. The van der Waals surface area contributed by atoms with Crippen LogP contribution >= 0.6 is 0 Å². The number of carbonyl (C=O) groups is 2. The first kappa shape index (κ1) is 17.3. The van der Waals surface area contributed by atoms with Crippen LogP contribution < -0.4 is 20.7 Å². The highest BCUT2D eigenvalue weighted by molar-refractivity contribution is 6.05. The van der Waals surface area contributed by atoms with Gasteiger partial charge in [-0.05, 0) is 38.0 Å². The Balaban J connectivity index is 2.44. The summed E-state index contributed by atoms with van der Waals surface area (Å²) in [6.07, 6.45) is 1.83. The molecule has 2 rings (SSSR count). The maximum atomic E-state index is 12.7. The summed E-state index contributed by atoms with van der Waals surface area (Å²) in [5.41, 5.74) is 6.70. The van der Waals surface area contributed by atoms with Crippen LogP contribution in [0.4, 0.5) is 5.69 Å². The van der Waals surface area contributed by atoms with Gasteiger partial charge in [-0.2, -0.15) is 0 Å². The van der Waals surface area contributed by atoms with E-state index in [1.807, 2.05) is 18.2 Å². The molecule has 1 unspecified atom stereocenters. The lowest BCUT2D eigenvalue weighted by molar-refractivity contribution is -0.134. The lowest BCUT2D eigenvalue weighted by Crippen LogP contribution is -2.54. The number of amides is 2. The van der Waals surface area contributed by atoms with E-state index in [-0.39, 0.29) is 24.4 Å². The molecule has 1 atom stereocenters. The summed E-state index contributed by atoms with van der Waals surface area (Å²) < 4.78 is 5.81. The van der Waals surface area contributed by atoms with E-state index >= 15 is 0 Å². The van der Waals surface area contributed by atoms with Crippen molar-refractivity contribution in [1.29, 1.82) is 0 Å². The van der Waals surface area contributed by atoms with Crippen molar-refractivity contribution in [2.24, 2.45) is 5.73 Å². The highest BCUT2D eigenvalue weighted by Crippen LogP contribution is 2.39. The second kappa shape index (κ2) is 6.58. The van der Waals surface area contributed by atoms with Gasteiger partial charge >= 0.3 is 0 Å². The number of likely N-dealkylation sites (N-methyl/N-ethyl adjacent to an activating group) is 1. The zero-order chi connectivity index (χ0) is 17.2. The molecule has 2 amide bonds. The van der Waals surface area contributed by atoms with Gasteiger partial charge in [0.25, 0.3) is 5.91 Å². The van der Waals surface area contributed by atoms with Crippen LogP contribution in [0.5, 0.6) is 5.75 Å². The Morgan fingerprint density at radius 1 is 1.43 bits per heavy atom. The van der Waals surface area contributed by atoms with Crippen LogP contribution in [0.3, 0.4) is 0 Å². The largest absolute Gasteiger partial charge is 0.476 e. The van der Waals surface area contributed by atoms with Crippen LogP contribution in [-0.2, 0) is 9.59 Å². The number of carbonyl (C=O) groups excluding carboxylic acids is 2. The van der Waals surface area contributed by atoms with Crippen LogP contribution in [0, 0.1) is 0 Å². The number of fused-ring (bicyclic) bond motifs is 1. The predicted octanol–water partition coefficient (Wildman–Crippen LogP) is 1.74. The molecule has 0 radical (unpaired) electrons. The standard InChI is InChI=1S/C17H25N3O3/c1-5-6-12(18)11-7-8-14-13(9-11)20(10-15(21)19-4)16(22)17(2,3)23-14/h7-9,12H,5-6,10,18H2,1-4H3,(H,19,21). The van der Waals surface area contributed by atoms with Crippen molar-refractivity contribution in [2.45, 2.75) is 45.3 Å². The molecule has 0 spiro atoms. The topological polar surface area (TPSA) is 84.7 Å². The highest BCUT2D eigenvalue weighted by Gasteiger charge is 2.41. The second-order valence-corrected chi connectivity index (χ2v) is 6.30. The molecular weight excluding hydrogens is 294 g/mol. The molecule has 0 bridgehead atoms. The molecule has 23 heavy (non-hydrogen) atoms. The van der Waals surface area contributed by atoms with Crippen molar-refractivity contribution in [3.8, 4) is 5.75 Å². The molecule has 1 aliphatic heterocycles. The molecule has 1 aromatic rings. The van der Waals surface area contributed by atoms with Gasteiger partial charge in [0.05, 0.1) is 5.69 Å². The fourth-order valence-electron chi connectivity index (χ4n) is 2.67. The monoisotopic (exact) mass is 319 g/mol. The summed E-state index contributed by atoms with van der Waals surface area (Å²) in [6, 6.07) is 5.50. The Bertz CT molecular complexity index is 613. The molecule has 1 aromatic carbocycles. The fraction of sp³-hybridized carbons (Fsp3) is 0.529. The molecule has 0 fully saturated rings. The number of nitrogens with two attached hydrogens (primary N) is 1. The number of nitrogens with one attached hydrogen (secondary N) is 1. The predicted molar refractivity (Wildman–Crippen MR) is 89.4 cm³/mol. The van der Waals surface area contributed by atoms with Gasteiger partial charge < -0.3 is 15.8 Å². The van der Waals surface area contributed by atoms with Crippen LogP contribution in [0.25, 0.3) is 0 Å². The number of hydrogen-bond acceptors (Lipinski definition) is 4. The number of ether oxygens (including phenoxy) is 1. The zero-order valence-corrected chi connectivity index (χ0v) is 14.2. The molecule has 126 valence electrons. The molecule has 6 nitrogen and oxygen atoms in total. The fourth-order valence-corrected chi connectivity index (χ4v) is 2.67. The average molecular weight is 319 g/mol. The van der Waals surface area contributed by atoms with E-state index in [9.17, 15) is 9.59 Å². The minimum Gasteiger partial charge on any atom is -0.476 e. The van der Waals surface area contributed by atoms with Gasteiger partial charge in [-0.3, -0.25) is 14.5 Å². The van der Waals surface area contributed by atoms with Crippen LogP contribution in [-0.4, -0.2) is 31.0 Å². The summed E-state index contributed by atoms with van der Waals surface area (Å²) in [6.45, 7) is 5.44. The number of rotatable bonds is 5. The smallest absolute Gasteiger partial charge is 0.271 e. The lowest BCUT2D eigenvalue weighted by Gasteiger charge is -2.38. The van der Waals surface area contributed by atoms with Crippen molar-refractivity contribution in [2.75, 3.05) is 18.5 Å². The van der Waals surface area contributed by atoms with E-state index in [1.165, 1.54) is 4.90 Å². The Morgan fingerprint density at radius 3 is 2.74 bits per heavy atom. The zero-order valence-electron chi connectivity index (χ0n) is 14.2. The molecule has 1 heterocycles. The first-order valence-corrected chi connectivity index (χ1v) is 7.91. The first-order valence-electron chi connectivity index (χ1n) is 7.91. The van der Waals surface area contributed by atoms with Gasteiger partial charge in [-0.25, -0.2) is 0 Å². The minimum atomic E-state index is -1.01. The molecule has 1 aliphatic rings. The van der Waals surface area contributed by atoms with Crippen molar-refractivity contribution >= 4 is 17.5 Å². The molecule has 3 N–H and O–H groups in total. The van der Waals surface area contributed by atoms with E-state index in [0.29, 0.717) is 11.4 Å². The summed E-state index contributed by atoms with van der Waals surface area (Å²) in [7, 11) is 1.55. The first-order chi connectivity index (χ1) is 10.8. The number of benzene rings is 1. The summed E-state index contributed by atoms with van der Waals surface area (Å²) >= 11 is 0. The summed E-state index contributed by atoms with van der Waals surface area (Å²) in [5, 5.41) is 2.55. The molecule has 0 saturated heterocycles. The van der Waals surface area contributed by atoms with Crippen molar-refractivity contribution < 1.29 is 14.3 Å². The number of nitrogens with zero attached hydrogens (tertiary/aromatic N) is 1. The molecule has 0 aliphatic carbocycles. The van der Waals surface area contributed by atoms with E-state index in [1.54, 1.807) is 20.9 Å². The molecule has 6 heteroatoms.